The van der Waals surface area contributed by atoms with Crippen LogP contribution < -0.4 is 15.4 Å². The number of ether oxygens (including phenoxy) is 1. The number of carbonyl (C=O) groups is 4. The largest absolute Gasteiger partial charge is 0.465 e. The SMILES string of the molecule is CC(C)[C@H](NC(=O)O)C(=O)N1CCC[C@H]1c1ncc(-c2cc(F)c3c(c2)OC(c2cnc(C4CC4)s2)n2c-3cc3cc(-c4cnc([C@@H]5CCCN5C(=O)[C@@H](NC(=O)O)C(C)C)[nH]4)ccc32)[nH]1. The van der Waals surface area contributed by atoms with Crippen LogP contribution in [0.5, 0.6) is 5.75 Å². The van der Waals surface area contributed by atoms with Gasteiger partial charge >= 0.3 is 12.2 Å². The highest BCUT2D eigenvalue weighted by atomic mass is 32.1. The monoisotopic (exact) mass is 918 g/mol. The summed E-state index contributed by atoms with van der Waals surface area (Å²) in [4.78, 5) is 75.5. The maximum Gasteiger partial charge on any atom is 0.405 e. The number of nitrogens with zero attached hydrogens (tertiary/aromatic N) is 6. The maximum atomic E-state index is 16.8. The molecule has 10 rings (SSSR count). The van der Waals surface area contributed by atoms with Crippen molar-refractivity contribution in [3.8, 4) is 39.5 Å². The van der Waals surface area contributed by atoms with Crippen molar-refractivity contribution in [2.45, 2.75) is 103 Å². The molecule has 3 aliphatic heterocycles. The quantitative estimate of drug-likeness (QED) is 0.0687. The Kier molecular flexibility index (Phi) is 11.1. The van der Waals surface area contributed by atoms with Gasteiger partial charge in [0.15, 0.2) is 0 Å². The Balaban J connectivity index is 0.973. The predicted molar refractivity (Wildman–Crippen MR) is 242 cm³/mol. The minimum Gasteiger partial charge on any atom is -0.465 e. The second-order valence-electron chi connectivity index (χ2n) is 18.4. The molecule has 7 heterocycles. The van der Waals surface area contributed by atoms with Crippen molar-refractivity contribution >= 4 is 46.2 Å². The minimum atomic E-state index is -1.26. The number of rotatable bonds is 12. The van der Waals surface area contributed by atoms with E-state index in [2.05, 4.69) is 25.6 Å². The van der Waals surface area contributed by atoms with Gasteiger partial charge in [0.1, 0.15) is 35.3 Å². The number of carboxylic acid groups (broad SMARTS) is 2. The van der Waals surface area contributed by atoms with Crippen molar-refractivity contribution in [3.05, 3.63) is 82.3 Å². The van der Waals surface area contributed by atoms with Gasteiger partial charge in [-0.25, -0.2) is 28.9 Å². The number of thiazole rings is 1. The summed E-state index contributed by atoms with van der Waals surface area (Å²) in [5, 5.41) is 25.5. The molecule has 66 heavy (non-hydrogen) atoms. The molecule has 4 aromatic heterocycles. The number of nitrogens with one attached hydrogen (secondary N) is 4. The lowest BCUT2D eigenvalue weighted by molar-refractivity contribution is -0.136. The minimum absolute atomic E-state index is 0.237. The lowest BCUT2D eigenvalue weighted by Crippen LogP contribution is -2.50. The number of amides is 4. The summed E-state index contributed by atoms with van der Waals surface area (Å²) in [6, 6.07) is 8.71. The molecule has 17 nitrogen and oxygen atoms in total. The zero-order valence-corrected chi connectivity index (χ0v) is 37.7. The number of hydrogen-bond acceptors (Lipinski definition) is 9. The zero-order chi connectivity index (χ0) is 46.1. The van der Waals surface area contributed by atoms with Gasteiger partial charge in [-0.3, -0.25) is 14.2 Å². The van der Waals surface area contributed by atoms with Crippen molar-refractivity contribution in [1.82, 2.24) is 49.9 Å². The molecule has 2 saturated heterocycles. The average Bonchev–Trinajstić information content (AvgIpc) is 4.00. The number of carbonyl (C=O) groups excluding carboxylic acids is 2. The van der Waals surface area contributed by atoms with Gasteiger partial charge in [-0.1, -0.05) is 33.8 Å². The van der Waals surface area contributed by atoms with Gasteiger partial charge in [-0.05, 0) is 80.7 Å². The number of aromatic nitrogens is 6. The Morgan fingerprint density at radius 3 is 1.92 bits per heavy atom. The van der Waals surface area contributed by atoms with Crippen molar-refractivity contribution < 1.29 is 38.5 Å². The highest BCUT2D eigenvalue weighted by Crippen LogP contribution is 2.50. The molecule has 1 aliphatic carbocycles. The van der Waals surface area contributed by atoms with Crippen LogP contribution in [0.2, 0.25) is 0 Å². The summed E-state index contributed by atoms with van der Waals surface area (Å²) >= 11 is 1.60. The fourth-order valence-electron chi connectivity index (χ4n) is 9.80. The van der Waals surface area contributed by atoms with Crippen LogP contribution in [0.15, 0.2) is 55.0 Å². The van der Waals surface area contributed by atoms with Crippen molar-refractivity contribution in [2.24, 2.45) is 11.8 Å². The van der Waals surface area contributed by atoms with Crippen molar-refractivity contribution in [3.63, 3.8) is 0 Å². The van der Waals surface area contributed by atoms with E-state index < -0.39 is 42.4 Å². The second-order valence-corrected chi connectivity index (χ2v) is 19.5. The van der Waals surface area contributed by atoms with Gasteiger partial charge in [0.05, 0.1) is 62.5 Å². The van der Waals surface area contributed by atoms with Crippen LogP contribution in [-0.2, 0) is 9.59 Å². The number of hydrogen-bond donors (Lipinski definition) is 6. The van der Waals surface area contributed by atoms with E-state index in [9.17, 15) is 29.4 Å². The molecule has 6 aromatic rings. The molecule has 0 radical (unpaired) electrons. The predicted octanol–water partition coefficient (Wildman–Crippen LogP) is 8.41. The van der Waals surface area contributed by atoms with E-state index in [4.69, 9.17) is 14.7 Å². The number of imidazole rings is 2. The Labute approximate surface area is 382 Å². The molecule has 1 saturated carbocycles. The fourth-order valence-corrected chi connectivity index (χ4v) is 10.9. The van der Waals surface area contributed by atoms with Crippen LogP contribution in [0.1, 0.15) is 112 Å². The van der Waals surface area contributed by atoms with E-state index in [1.807, 2.05) is 54.9 Å². The second kappa shape index (κ2) is 16.9. The zero-order valence-electron chi connectivity index (χ0n) is 36.9. The molecule has 6 N–H and O–H groups in total. The average molecular weight is 919 g/mol. The van der Waals surface area contributed by atoms with E-state index in [1.165, 1.54) is 6.07 Å². The molecule has 4 amide bonds. The first-order chi connectivity index (χ1) is 31.7. The maximum absolute atomic E-state index is 16.8. The van der Waals surface area contributed by atoms with Crippen LogP contribution in [0.4, 0.5) is 14.0 Å². The number of benzene rings is 2. The third kappa shape index (κ3) is 7.81. The summed E-state index contributed by atoms with van der Waals surface area (Å²) in [7, 11) is 0. The number of likely N-dealkylation sites (tertiary alicyclic amines) is 2. The van der Waals surface area contributed by atoms with Crippen LogP contribution in [0, 0.1) is 17.7 Å². The molecule has 1 unspecified atom stereocenters. The first-order valence-corrected chi connectivity index (χ1v) is 23.4. The van der Waals surface area contributed by atoms with Crippen LogP contribution >= 0.6 is 11.3 Å². The summed E-state index contributed by atoms with van der Waals surface area (Å²) in [6.45, 7) is 8.18. The van der Waals surface area contributed by atoms with Gasteiger partial charge < -0.3 is 45.4 Å². The summed E-state index contributed by atoms with van der Waals surface area (Å²) in [5.74, 6) is 0.364. The Bertz CT molecular complexity index is 2880. The van der Waals surface area contributed by atoms with Gasteiger partial charge in [0.2, 0.25) is 18.0 Å². The molecule has 0 bridgehead atoms. The first-order valence-electron chi connectivity index (χ1n) is 22.6. The van der Waals surface area contributed by atoms with Gasteiger partial charge in [0, 0.05) is 41.7 Å². The number of aromatic amines is 2. The molecule has 344 valence electrons. The normalized spacial score (nSPS) is 20.1. The topological polar surface area (TPSA) is 224 Å². The van der Waals surface area contributed by atoms with Gasteiger partial charge in [-0.15, -0.1) is 11.3 Å². The summed E-state index contributed by atoms with van der Waals surface area (Å²) in [5.41, 5.74) is 4.41. The molecule has 0 spiro atoms. The highest BCUT2D eigenvalue weighted by molar-refractivity contribution is 7.11. The molecule has 3 fully saturated rings. The fraction of sp³-hybridized carbons (Fsp3) is 0.426. The Morgan fingerprint density at radius 2 is 1.36 bits per heavy atom. The van der Waals surface area contributed by atoms with Crippen LogP contribution in [0.3, 0.4) is 0 Å². The molecule has 4 aliphatic rings. The standard InChI is InChI=1S/C47H51FN10O7S/c1-22(2)38(54-46(61)62)43(59)56-13-5-7-32(56)40-49-19-29(52-40)25-11-12-31-27(15-25)17-34-37-28(48)16-26(18-35(37)65-45(58(31)34)36-21-51-42(66-36)24-9-10-24)30-20-50-41(53-30)33-8-6-14-57(33)44(60)39(23(3)4)55-47(63)64/h11-12,15-24,32-33,38-39,45,54-55H,5-10,13-14H2,1-4H3,(H,49,52)(H,50,53)(H,61,62)(H,63,64)/t32-,33-,38-,39-,45?/m0/s1. The van der Waals surface area contributed by atoms with Crippen molar-refractivity contribution in [2.75, 3.05) is 13.1 Å². The summed E-state index contributed by atoms with van der Waals surface area (Å²) < 4.78 is 25.7. The van der Waals surface area contributed by atoms with E-state index in [-0.39, 0.29) is 29.7 Å². The molecular weight excluding hydrogens is 868 g/mol. The molecule has 5 atom stereocenters. The number of fused-ring (bicyclic) bond motifs is 5. The number of halogens is 1. The molecular formula is C47H51FN10O7S. The third-order valence-corrected chi connectivity index (χ3v) is 14.5. The summed E-state index contributed by atoms with van der Waals surface area (Å²) in [6.07, 6.45) is 7.07. The van der Waals surface area contributed by atoms with E-state index in [0.717, 1.165) is 57.7 Å². The van der Waals surface area contributed by atoms with E-state index in [0.29, 0.717) is 71.8 Å². The van der Waals surface area contributed by atoms with Gasteiger partial charge in [0.25, 0.3) is 0 Å². The molecule has 2 aromatic carbocycles. The lowest BCUT2D eigenvalue weighted by Gasteiger charge is -2.30. The van der Waals surface area contributed by atoms with Gasteiger partial charge in [-0.2, -0.15) is 0 Å². The molecule has 19 heteroatoms. The third-order valence-electron chi connectivity index (χ3n) is 13.3. The number of H-pyrrole nitrogens is 2. The first kappa shape index (κ1) is 43.1. The Morgan fingerprint density at radius 1 is 0.773 bits per heavy atom. The highest BCUT2D eigenvalue weighted by Gasteiger charge is 2.40. The van der Waals surface area contributed by atoms with Crippen LogP contribution in [0.25, 0.3) is 44.7 Å². The van der Waals surface area contributed by atoms with E-state index in [1.54, 1.807) is 47.4 Å². The van der Waals surface area contributed by atoms with Crippen LogP contribution in [-0.4, -0.2) is 98.7 Å². The van der Waals surface area contributed by atoms with E-state index >= 15 is 4.39 Å². The van der Waals surface area contributed by atoms with Crippen molar-refractivity contribution in [1.29, 1.82) is 0 Å². The Hall–Kier alpha value is -6.76. The smallest absolute Gasteiger partial charge is 0.405 e. The lowest BCUT2D eigenvalue weighted by atomic mass is 10.0.